The molecule has 7 rings (SSSR count). The van der Waals surface area contributed by atoms with E-state index in [0.717, 1.165) is 29.5 Å². The largest absolute Gasteiger partial charge is 0.323 e. The van der Waals surface area contributed by atoms with Crippen molar-refractivity contribution in [3.05, 3.63) is 42.1 Å². The van der Waals surface area contributed by atoms with Gasteiger partial charge in [-0.3, -0.25) is 0 Å². The molecule has 0 amide bonds. The molecule has 28 heavy (non-hydrogen) atoms. The molecule has 4 saturated carbocycles. The standard InChI is InChI=1S/C21H25N7/c1-14-4-3-5-18(23-14)19-22-6-7-27(19)20-9-16-8-17(10-20)12-21(11-16,13-20)28-25-15(2)24-26-28/h3-7,16-17H,8-13H2,1-2H3. The molecule has 4 fully saturated rings. The summed E-state index contributed by atoms with van der Waals surface area (Å²) in [6, 6.07) is 6.18. The molecule has 0 aromatic carbocycles. The Morgan fingerprint density at radius 1 is 1.04 bits per heavy atom. The summed E-state index contributed by atoms with van der Waals surface area (Å²) in [6.45, 7) is 3.96. The lowest BCUT2D eigenvalue weighted by Gasteiger charge is -2.61. The number of hydrogen-bond acceptors (Lipinski definition) is 5. The summed E-state index contributed by atoms with van der Waals surface area (Å²) >= 11 is 0. The highest BCUT2D eigenvalue weighted by Gasteiger charge is 2.60. The summed E-state index contributed by atoms with van der Waals surface area (Å²) in [4.78, 5) is 11.4. The normalized spacial score (nSPS) is 33.5. The molecule has 0 spiro atoms. The monoisotopic (exact) mass is 375 g/mol. The first kappa shape index (κ1) is 16.4. The van der Waals surface area contributed by atoms with Crippen LogP contribution >= 0.6 is 0 Å². The second-order valence-corrected chi connectivity index (χ2v) is 9.32. The number of aromatic nitrogens is 7. The van der Waals surface area contributed by atoms with Gasteiger partial charge in [-0.1, -0.05) is 6.07 Å². The third-order valence-corrected chi connectivity index (χ3v) is 7.21. The Labute approximate surface area is 164 Å². The van der Waals surface area contributed by atoms with Crippen LogP contribution in [0.3, 0.4) is 0 Å². The van der Waals surface area contributed by atoms with Crippen molar-refractivity contribution in [1.29, 1.82) is 0 Å². The first-order valence-electron chi connectivity index (χ1n) is 10.3. The van der Waals surface area contributed by atoms with Gasteiger partial charge in [-0.05, 0) is 81.6 Å². The van der Waals surface area contributed by atoms with Crippen molar-refractivity contribution < 1.29 is 0 Å². The summed E-state index contributed by atoms with van der Waals surface area (Å²) in [5, 5.41) is 13.3. The minimum absolute atomic E-state index is 0.00703. The van der Waals surface area contributed by atoms with E-state index in [0.29, 0.717) is 11.8 Å². The number of pyridine rings is 1. The molecule has 0 radical (unpaired) electrons. The van der Waals surface area contributed by atoms with Gasteiger partial charge >= 0.3 is 0 Å². The maximum Gasteiger partial charge on any atom is 0.171 e. The van der Waals surface area contributed by atoms with Crippen LogP contribution in [0.4, 0.5) is 0 Å². The third kappa shape index (κ3) is 2.25. The van der Waals surface area contributed by atoms with Gasteiger partial charge in [0, 0.05) is 23.6 Å². The molecule has 3 aromatic rings. The van der Waals surface area contributed by atoms with Crippen molar-refractivity contribution in [1.82, 2.24) is 34.7 Å². The van der Waals surface area contributed by atoms with E-state index in [-0.39, 0.29) is 11.1 Å². The van der Waals surface area contributed by atoms with Gasteiger partial charge in [-0.25, -0.2) is 9.97 Å². The highest BCUT2D eigenvalue weighted by molar-refractivity contribution is 5.50. The predicted octanol–water partition coefficient (Wildman–Crippen LogP) is 3.25. The van der Waals surface area contributed by atoms with Gasteiger partial charge in [-0.2, -0.15) is 4.80 Å². The topological polar surface area (TPSA) is 74.3 Å². The molecule has 3 heterocycles. The molecule has 3 aromatic heterocycles. The Hall–Kier alpha value is -2.57. The highest BCUT2D eigenvalue weighted by atomic mass is 15.6. The lowest BCUT2D eigenvalue weighted by molar-refractivity contribution is -0.103. The fourth-order valence-corrected chi connectivity index (χ4v) is 6.71. The Balaban J connectivity index is 1.47. The summed E-state index contributed by atoms with van der Waals surface area (Å²) in [7, 11) is 0. The lowest BCUT2D eigenvalue weighted by Crippen LogP contribution is -2.60. The molecule has 7 nitrogen and oxygen atoms in total. The van der Waals surface area contributed by atoms with Crippen LogP contribution in [0.1, 0.15) is 50.0 Å². The van der Waals surface area contributed by atoms with Crippen LogP contribution in [0, 0.1) is 25.7 Å². The number of nitrogens with zero attached hydrogens (tertiary/aromatic N) is 7. The Morgan fingerprint density at radius 3 is 2.54 bits per heavy atom. The van der Waals surface area contributed by atoms with Crippen molar-refractivity contribution in [3.63, 3.8) is 0 Å². The first-order valence-corrected chi connectivity index (χ1v) is 10.3. The minimum Gasteiger partial charge on any atom is -0.323 e. The van der Waals surface area contributed by atoms with Crippen molar-refractivity contribution >= 4 is 0 Å². The van der Waals surface area contributed by atoms with E-state index in [2.05, 4.69) is 38.3 Å². The Kier molecular flexibility index (Phi) is 3.21. The average Bonchev–Trinajstić information content (AvgIpc) is 3.30. The zero-order valence-electron chi connectivity index (χ0n) is 16.4. The van der Waals surface area contributed by atoms with Crippen molar-refractivity contribution in [2.75, 3.05) is 0 Å². The molecular formula is C21H25N7. The Morgan fingerprint density at radius 2 is 1.82 bits per heavy atom. The van der Waals surface area contributed by atoms with Crippen molar-refractivity contribution in [3.8, 4) is 11.5 Å². The van der Waals surface area contributed by atoms with E-state index in [1.54, 1.807) is 0 Å². The summed E-state index contributed by atoms with van der Waals surface area (Å²) < 4.78 is 2.44. The van der Waals surface area contributed by atoms with Crippen LogP contribution in [0.15, 0.2) is 30.6 Å². The number of aryl methyl sites for hydroxylation is 2. The molecular weight excluding hydrogens is 350 g/mol. The smallest absolute Gasteiger partial charge is 0.171 e. The fourth-order valence-electron chi connectivity index (χ4n) is 6.71. The van der Waals surface area contributed by atoms with Crippen LogP contribution in [-0.4, -0.2) is 34.7 Å². The number of tetrazole rings is 1. The van der Waals surface area contributed by atoms with Crippen LogP contribution < -0.4 is 0 Å². The van der Waals surface area contributed by atoms with E-state index in [4.69, 9.17) is 9.97 Å². The van der Waals surface area contributed by atoms with Gasteiger partial charge in [-0.15, -0.1) is 10.2 Å². The number of imidazole rings is 1. The summed E-state index contributed by atoms with van der Waals surface area (Å²) in [5.41, 5.74) is 2.05. The lowest BCUT2D eigenvalue weighted by atomic mass is 9.50. The second kappa shape index (κ2) is 5.49. The van der Waals surface area contributed by atoms with Crippen molar-refractivity contribution in [2.45, 2.75) is 63.5 Å². The maximum absolute atomic E-state index is 4.76. The van der Waals surface area contributed by atoms with Crippen LogP contribution in [0.25, 0.3) is 11.5 Å². The van der Waals surface area contributed by atoms with Gasteiger partial charge in [0.15, 0.2) is 11.6 Å². The van der Waals surface area contributed by atoms with Gasteiger partial charge in [0.1, 0.15) is 5.69 Å². The highest BCUT2D eigenvalue weighted by Crippen LogP contribution is 2.63. The van der Waals surface area contributed by atoms with Gasteiger partial charge in [0.05, 0.1) is 5.54 Å². The van der Waals surface area contributed by atoms with Gasteiger partial charge < -0.3 is 4.57 Å². The van der Waals surface area contributed by atoms with Crippen LogP contribution in [-0.2, 0) is 11.1 Å². The van der Waals surface area contributed by atoms with E-state index in [9.17, 15) is 0 Å². The number of rotatable bonds is 3. The minimum atomic E-state index is -0.00703. The van der Waals surface area contributed by atoms with Crippen LogP contribution in [0.2, 0.25) is 0 Å². The van der Waals surface area contributed by atoms with E-state index in [1.807, 2.05) is 30.9 Å². The zero-order valence-corrected chi connectivity index (χ0v) is 16.4. The SMILES string of the molecule is Cc1cccc(-c2nccn2C23CC4CC(CC(n5nnc(C)n5)(C4)C2)C3)n1. The first-order chi connectivity index (χ1) is 13.6. The molecule has 0 N–H and O–H groups in total. The van der Waals surface area contributed by atoms with E-state index >= 15 is 0 Å². The summed E-state index contributed by atoms with van der Waals surface area (Å²) in [5.74, 6) is 3.18. The molecule has 7 heteroatoms. The summed E-state index contributed by atoms with van der Waals surface area (Å²) in [6.07, 6.45) is 11.3. The van der Waals surface area contributed by atoms with E-state index < -0.39 is 0 Å². The predicted molar refractivity (Wildman–Crippen MR) is 103 cm³/mol. The molecule has 2 unspecified atom stereocenters. The Bertz CT molecular complexity index is 1030. The molecule has 2 atom stereocenters. The molecule has 144 valence electrons. The van der Waals surface area contributed by atoms with Gasteiger partial charge in [0.25, 0.3) is 0 Å². The molecule has 0 aliphatic heterocycles. The quantitative estimate of drug-likeness (QED) is 0.702. The maximum atomic E-state index is 4.76. The molecule has 4 aliphatic rings. The number of hydrogen-bond donors (Lipinski definition) is 0. The molecule has 0 saturated heterocycles. The average molecular weight is 375 g/mol. The third-order valence-electron chi connectivity index (χ3n) is 7.21. The zero-order chi connectivity index (χ0) is 18.9. The fraction of sp³-hybridized carbons (Fsp3) is 0.571. The molecule has 4 aliphatic carbocycles. The second-order valence-electron chi connectivity index (χ2n) is 9.32. The van der Waals surface area contributed by atoms with Gasteiger partial charge in [0.2, 0.25) is 0 Å². The van der Waals surface area contributed by atoms with Crippen molar-refractivity contribution in [2.24, 2.45) is 11.8 Å². The van der Waals surface area contributed by atoms with Crippen LogP contribution in [0.5, 0.6) is 0 Å². The molecule has 4 bridgehead atoms. The van der Waals surface area contributed by atoms with E-state index in [1.165, 1.54) is 32.1 Å².